The zero-order valence-corrected chi connectivity index (χ0v) is 10.2. The van der Waals surface area contributed by atoms with Crippen LogP contribution in [-0.4, -0.2) is 37.1 Å². The van der Waals surface area contributed by atoms with Gasteiger partial charge in [-0.15, -0.1) is 0 Å². The molecule has 2 aliphatic rings. The van der Waals surface area contributed by atoms with Crippen LogP contribution in [0.25, 0.3) is 0 Å². The number of piperidine rings is 1. The number of unbranched alkanes of at least 4 members (excludes halogenated alkanes) is 3. The van der Waals surface area contributed by atoms with Gasteiger partial charge in [-0.1, -0.05) is 26.2 Å². The zero-order valence-electron chi connectivity index (χ0n) is 10.2. The van der Waals surface area contributed by atoms with E-state index >= 15 is 0 Å². The predicted molar refractivity (Wildman–Crippen MR) is 65.1 cm³/mol. The van der Waals surface area contributed by atoms with Crippen molar-refractivity contribution in [3.05, 3.63) is 0 Å². The fraction of sp³-hybridized carbons (Fsp3) is 1.00. The third kappa shape index (κ3) is 2.94. The Hall–Kier alpha value is -0.0800. The summed E-state index contributed by atoms with van der Waals surface area (Å²) < 4.78 is 0. The van der Waals surface area contributed by atoms with Crippen molar-refractivity contribution >= 4 is 0 Å². The van der Waals surface area contributed by atoms with Gasteiger partial charge in [-0.2, -0.15) is 0 Å². The lowest BCUT2D eigenvalue weighted by atomic mass is 9.92. The Morgan fingerprint density at radius 2 is 2.13 bits per heavy atom. The highest BCUT2D eigenvalue weighted by Gasteiger charge is 2.34. The van der Waals surface area contributed by atoms with Crippen molar-refractivity contribution in [3.8, 4) is 0 Å². The van der Waals surface area contributed by atoms with Crippen LogP contribution in [-0.2, 0) is 0 Å². The van der Waals surface area contributed by atoms with Crippen LogP contribution >= 0.6 is 0 Å². The van der Waals surface area contributed by atoms with Gasteiger partial charge >= 0.3 is 0 Å². The van der Waals surface area contributed by atoms with Gasteiger partial charge in [-0.25, -0.2) is 0 Å². The first kappa shape index (κ1) is 11.4. The van der Waals surface area contributed by atoms with E-state index in [9.17, 15) is 0 Å². The zero-order chi connectivity index (χ0) is 10.5. The van der Waals surface area contributed by atoms with Crippen molar-refractivity contribution in [1.82, 2.24) is 10.2 Å². The van der Waals surface area contributed by atoms with E-state index in [1.165, 1.54) is 64.7 Å². The summed E-state index contributed by atoms with van der Waals surface area (Å²) in [7, 11) is 0. The lowest BCUT2D eigenvalue weighted by Crippen LogP contribution is -2.45. The van der Waals surface area contributed by atoms with Crippen molar-refractivity contribution in [3.63, 3.8) is 0 Å². The van der Waals surface area contributed by atoms with E-state index in [0.717, 1.165) is 12.0 Å². The molecular weight excluding hydrogens is 184 g/mol. The molecule has 0 aliphatic carbocycles. The Morgan fingerprint density at radius 1 is 1.20 bits per heavy atom. The maximum atomic E-state index is 3.55. The number of hydrogen-bond donors (Lipinski definition) is 1. The maximum Gasteiger partial charge on any atom is 0.0260 e. The molecule has 88 valence electrons. The number of fused-ring (bicyclic) bond motifs is 1. The molecule has 2 aliphatic heterocycles. The van der Waals surface area contributed by atoms with Crippen molar-refractivity contribution in [2.75, 3.05) is 26.2 Å². The number of likely N-dealkylation sites (tertiary alicyclic amines) is 1. The minimum absolute atomic E-state index is 0.875. The molecule has 2 heteroatoms. The number of hydrogen-bond acceptors (Lipinski definition) is 2. The lowest BCUT2D eigenvalue weighted by Gasteiger charge is -2.37. The Balaban J connectivity index is 1.71. The molecule has 0 aromatic heterocycles. The highest BCUT2D eigenvalue weighted by atomic mass is 15.2. The quantitative estimate of drug-likeness (QED) is 0.700. The highest BCUT2D eigenvalue weighted by molar-refractivity contribution is 4.91. The fourth-order valence-electron chi connectivity index (χ4n) is 3.18. The largest absolute Gasteiger partial charge is 0.315 e. The second-order valence-electron chi connectivity index (χ2n) is 5.22. The molecule has 2 atom stereocenters. The normalized spacial score (nSPS) is 31.8. The van der Waals surface area contributed by atoms with Crippen LogP contribution in [0.4, 0.5) is 0 Å². The Morgan fingerprint density at radius 3 is 3.00 bits per heavy atom. The fourth-order valence-corrected chi connectivity index (χ4v) is 3.18. The molecule has 2 rings (SSSR count). The minimum atomic E-state index is 0.875. The van der Waals surface area contributed by atoms with E-state index in [0.29, 0.717) is 0 Å². The smallest absolute Gasteiger partial charge is 0.0260 e. The molecule has 1 N–H and O–H groups in total. The molecule has 0 radical (unpaired) electrons. The molecule has 0 amide bonds. The maximum absolute atomic E-state index is 3.55. The van der Waals surface area contributed by atoms with Gasteiger partial charge in [0.2, 0.25) is 0 Å². The summed E-state index contributed by atoms with van der Waals surface area (Å²) >= 11 is 0. The molecule has 0 aromatic rings. The summed E-state index contributed by atoms with van der Waals surface area (Å²) in [6, 6.07) is 0.875. The van der Waals surface area contributed by atoms with E-state index < -0.39 is 0 Å². The molecule has 0 spiro atoms. The number of nitrogens with one attached hydrogen (secondary N) is 1. The minimum Gasteiger partial charge on any atom is -0.315 e. The number of rotatable bonds is 5. The van der Waals surface area contributed by atoms with Gasteiger partial charge in [-0.05, 0) is 44.8 Å². The first-order chi connectivity index (χ1) is 7.42. The average Bonchev–Trinajstić information content (AvgIpc) is 2.73. The highest BCUT2D eigenvalue weighted by Crippen LogP contribution is 2.26. The first-order valence-electron chi connectivity index (χ1n) is 6.86. The summed E-state index contributed by atoms with van der Waals surface area (Å²) in [5.41, 5.74) is 0. The summed E-state index contributed by atoms with van der Waals surface area (Å²) in [6.45, 7) is 7.52. The van der Waals surface area contributed by atoms with Gasteiger partial charge in [0.05, 0.1) is 0 Å². The molecule has 0 saturated carbocycles. The lowest BCUT2D eigenvalue weighted by molar-refractivity contribution is 0.123. The molecule has 2 heterocycles. The van der Waals surface area contributed by atoms with Gasteiger partial charge in [0.25, 0.3) is 0 Å². The molecule has 0 aromatic carbocycles. The van der Waals surface area contributed by atoms with E-state index in [1.54, 1.807) is 0 Å². The molecule has 15 heavy (non-hydrogen) atoms. The third-order valence-electron chi connectivity index (χ3n) is 4.09. The second-order valence-corrected chi connectivity index (χ2v) is 5.22. The Labute approximate surface area is 94.4 Å². The van der Waals surface area contributed by atoms with Crippen molar-refractivity contribution in [2.45, 2.75) is 51.5 Å². The summed E-state index contributed by atoms with van der Waals surface area (Å²) in [6.07, 6.45) is 8.50. The van der Waals surface area contributed by atoms with E-state index in [-0.39, 0.29) is 0 Å². The van der Waals surface area contributed by atoms with E-state index in [2.05, 4.69) is 17.1 Å². The van der Waals surface area contributed by atoms with Gasteiger partial charge in [0.15, 0.2) is 0 Å². The summed E-state index contributed by atoms with van der Waals surface area (Å²) in [5.74, 6) is 0.963. The molecule has 0 bridgehead atoms. The topological polar surface area (TPSA) is 15.3 Å². The Kier molecular flexibility index (Phi) is 4.45. The van der Waals surface area contributed by atoms with Crippen LogP contribution in [0.3, 0.4) is 0 Å². The summed E-state index contributed by atoms with van der Waals surface area (Å²) in [5, 5.41) is 3.55. The van der Waals surface area contributed by atoms with Crippen LogP contribution in [0.15, 0.2) is 0 Å². The third-order valence-corrected chi connectivity index (χ3v) is 4.09. The standard InChI is InChI=1S/C13H26N2/c1-2-3-4-5-8-15-9-6-7-12-10-14-11-13(12)15/h12-14H,2-11H2,1H3. The monoisotopic (exact) mass is 210 g/mol. The van der Waals surface area contributed by atoms with Gasteiger partial charge in [-0.3, -0.25) is 4.90 Å². The van der Waals surface area contributed by atoms with Crippen LogP contribution in [0.5, 0.6) is 0 Å². The molecule has 2 fully saturated rings. The van der Waals surface area contributed by atoms with Crippen molar-refractivity contribution in [1.29, 1.82) is 0 Å². The van der Waals surface area contributed by atoms with Crippen molar-refractivity contribution < 1.29 is 0 Å². The average molecular weight is 210 g/mol. The Bertz CT molecular complexity index is 181. The predicted octanol–water partition coefficient (Wildman–Crippen LogP) is 2.25. The van der Waals surface area contributed by atoms with Crippen LogP contribution in [0, 0.1) is 5.92 Å². The molecule has 2 nitrogen and oxygen atoms in total. The van der Waals surface area contributed by atoms with Crippen molar-refractivity contribution in [2.24, 2.45) is 5.92 Å². The second kappa shape index (κ2) is 5.86. The molecule has 2 saturated heterocycles. The van der Waals surface area contributed by atoms with Gasteiger partial charge in [0, 0.05) is 12.6 Å². The summed E-state index contributed by atoms with van der Waals surface area (Å²) in [4.78, 5) is 2.75. The number of nitrogens with zero attached hydrogens (tertiary/aromatic N) is 1. The van der Waals surface area contributed by atoms with Gasteiger partial charge < -0.3 is 5.32 Å². The van der Waals surface area contributed by atoms with E-state index in [4.69, 9.17) is 0 Å². The van der Waals surface area contributed by atoms with Gasteiger partial charge in [0.1, 0.15) is 0 Å². The van der Waals surface area contributed by atoms with Crippen LogP contribution in [0.1, 0.15) is 45.4 Å². The SMILES string of the molecule is CCCCCCN1CCCC2CNCC21. The molecule has 2 unspecified atom stereocenters. The first-order valence-corrected chi connectivity index (χ1v) is 6.86. The molecular formula is C13H26N2. The van der Waals surface area contributed by atoms with Crippen LogP contribution < -0.4 is 5.32 Å². The van der Waals surface area contributed by atoms with E-state index in [1.807, 2.05) is 0 Å². The van der Waals surface area contributed by atoms with Crippen LogP contribution in [0.2, 0.25) is 0 Å².